The summed E-state index contributed by atoms with van der Waals surface area (Å²) in [7, 11) is 1.53. The third-order valence-electron chi connectivity index (χ3n) is 1.36. The molecular formula is C6H12O2. The van der Waals surface area contributed by atoms with E-state index >= 15 is 0 Å². The normalized spacial score (nSPS) is 11.5. The van der Waals surface area contributed by atoms with Gasteiger partial charge >= 0.3 is 0 Å². The smallest absolute Gasteiger partial charge is 0.160 e. The molecule has 0 N–H and O–H groups in total. The van der Waals surface area contributed by atoms with Crippen LogP contribution in [0.3, 0.4) is 0 Å². The zero-order valence-electron chi connectivity index (χ0n) is 5.82. The summed E-state index contributed by atoms with van der Waals surface area (Å²) in [6, 6.07) is 0. The number of ketones is 1. The first-order valence-electron chi connectivity index (χ1n) is 2.57. The first kappa shape index (κ1) is 7.63. The van der Waals surface area contributed by atoms with Crippen molar-refractivity contribution < 1.29 is 9.53 Å². The Hall–Kier alpha value is -0.370. The fourth-order valence-corrected chi connectivity index (χ4v) is 0.144. The monoisotopic (exact) mass is 116 g/mol. The second-order valence-corrected chi connectivity index (χ2v) is 2.27. The van der Waals surface area contributed by atoms with Gasteiger partial charge in [0.1, 0.15) is 5.60 Å². The molecule has 8 heavy (non-hydrogen) atoms. The molecule has 48 valence electrons. The number of ether oxygens (including phenoxy) is 1. The highest BCUT2D eigenvalue weighted by molar-refractivity contribution is 5.83. The number of carbonyl (C=O) groups is 1. The quantitative estimate of drug-likeness (QED) is 0.538. The van der Waals surface area contributed by atoms with Gasteiger partial charge in [0.25, 0.3) is 0 Å². The summed E-state index contributed by atoms with van der Waals surface area (Å²) < 4.78 is 4.85. The molecule has 2 nitrogen and oxygen atoms in total. The lowest BCUT2D eigenvalue weighted by atomic mass is 10.1. The number of methoxy groups -OCH3 is 1. The van der Waals surface area contributed by atoms with Crippen LogP contribution in [0.5, 0.6) is 0 Å². The summed E-state index contributed by atoms with van der Waals surface area (Å²) in [4.78, 5) is 10.6. The van der Waals surface area contributed by atoms with Gasteiger partial charge in [0.15, 0.2) is 5.78 Å². The van der Waals surface area contributed by atoms with E-state index in [1.165, 1.54) is 14.0 Å². The van der Waals surface area contributed by atoms with Crippen molar-refractivity contribution >= 4 is 5.78 Å². The minimum Gasteiger partial charge on any atom is -0.371 e. The molecule has 0 saturated carbocycles. The van der Waals surface area contributed by atoms with E-state index in [1.807, 2.05) is 0 Å². The van der Waals surface area contributed by atoms with E-state index < -0.39 is 5.60 Å². The van der Waals surface area contributed by atoms with Crippen LogP contribution in [0.4, 0.5) is 0 Å². The van der Waals surface area contributed by atoms with Gasteiger partial charge in [-0.25, -0.2) is 0 Å². The third-order valence-corrected chi connectivity index (χ3v) is 1.36. The van der Waals surface area contributed by atoms with E-state index in [4.69, 9.17) is 4.74 Å². The molecule has 0 radical (unpaired) electrons. The minimum atomic E-state index is -0.597. The third kappa shape index (κ3) is 1.62. The molecule has 0 aromatic carbocycles. The molecule has 0 bridgehead atoms. The zero-order chi connectivity index (χ0) is 6.78. The first-order chi connectivity index (χ1) is 3.50. The van der Waals surface area contributed by atoms with Crippen LogP contribution in [-0.4, -0.2) is 18.5 Å². The van der Waals surface area contributed by atoms with Crippen molar-refractivity contribution in [2.45, 2.75) is 26.4 Å². The average molecular weight is 116 g/mol. The Labute approximate surface area is 49.8 Å². The molecule has 0 aromatic rings. The van der Waals surface area contributed by atoms with E-state index in [-0.39, 0.29) is 5.78 Å². The second kappa shape index (κ2) is 2.27. The molecule has 0 aromatic heterocycles. The Bertz CT molecular complexity index is 94.7. The van der Waals surface area contributed by atoms with Gasteiger partial charge in [0.2, 0.25) is 0 Å². The molecule has 0 saturated heterocycles. The Morgan fingerprint density at radius 3 is 1.88 bits per heavy atom. The minimum absolute atomic E-state index is 0.0556. The van der Waals surface area contributed by atoms with Gasteiger partial charge in [0, 0.05) is 7.11 Å². The molecule has 2 heteroatoms. The van der Waals surface area contributed by atoms with Crippen LogP contribution < -0.4 is 0 Å². The average Bonchev–Trinajstić information content (AvgIpc) is 1.67. The second-order valence-electron chi connectivity index (χ2n) is 2.27. The number of carbonyl (C=O) groups excluding carboxylic acids is 1. The SMILES string of the molecule is COC(C)(C)C(C)=O. The van der Waals surface area contributed by atoms with E-state index in [2.05, 4.69) is 0 Å². The van der Waals surface area contributed by atoms with E-state index in [0.717, 1.165) is 0 Å². The van der Waals surface area contributed by atoms with Gasteiger partial charge in [-0.3, -0.25) is 4.79 Å². The molecule has 0 rings (SSSR count). The topological polar surface area (TPSA) is 26.3 Å². The van der Waals surface area contributed by atoms with Gasteiger partial charge < -0.3 is 4.74 Å². The zero-order valence-corrected chi connectivity index (χ0v) is 5.82. The molecule has 0 unspecified atom stereocenters. The van der Waals surface area contributed by atoms with E-state index in [0.29, 0.717) is 0 Å². The summed E-state index contributed by atoms with van der Waals surface area (Å²) in [5.41, 5.74) is -0.597. The maximum absolute atomic E-state index is 10.6. The van der Waals surface area contributed by atoms with Gasteiger partial charge in [-0.05, 0) is 20.8 Å². The Balaban J connectivity index is 3.91. The number of rotatable bonds is 2. The highest BCUT2D eigenvalue weighted by Gasteiger charge is 2.21. The molecule has 0 aliphatic carbocycles. The van der Waals surface area contributed by atoms with Crippen molar-refractivity contribution in [3.05, 3.63) is 0 Å². The molecule has 0 heterocycles. The van der Waals surface area contributed by atoms with Crippen LogP contribution in [-0.2, 0) is 9.53 Å². The van der Waals surface area contributed by atoms with E-state index in [1.54, 1.807) is 13.8 Å². The van der Waals surface area contributed by atoms with Crippen LogP contribution >= 0.6 is 0 Å². The van der Waals surface area contributed by atoms with Crippen LogP contribution in [0.1, 0.15) is 20.8 Å². The number of hydrogen-bond acceptors (Lipinski definition) is 2. The number of hydrogen-bond donors (Lipinski definition) is 0. The summed E-state index contributed by atoms with van der Waals surface area (Å²) in [5, 5.41) is 0. The molecular weight excluding hydrogens is 104 g/mol. The Kier molecular flexibility index (Phi) is 2.16. The summed E-state index contributed by atoms with van der Waals surface area (Å²) in [6.07, 6.45) is 0. The van der Waals surface area contributed by atoms with E-state index in [9.17, 15) is 4.79 Å². The predicted octanol–water partition coefficient (Wildman–Crippen LogP) is 1.00. The van der Waals surface area contributed by atoms with Crippen molar-refractivity contribution in [1.82, 2.24) is 0 Å². The largest absolute Gasteiger partial charge is 0.371 e. The molecule has 0 aliphatic heterocycles. The van der Waals surface area contributed by atoms with Gasteiger partial charge in [-0.1, -0.05) is 0 Å². The Morgan fingerprint density at radius 1 is 1.50 bits per heavy atom. The lowest BCUT2D eigenvalue weighted by Crippen LogP contribution is -2.31. The first-order valence-corrected chi connectivity index (χ1v) is 2.57. The van der Waals surface area contributed by atoms with Gasteiger partial charge in [-0.2, -0.15) is 0 Å². The van der Waals surface area contributed by atoms with Crippen molar-refractivity contribution in [1.29, 1.82) is 0 Å². The van der Waals surface area contributed by atoms with Crippen LogP contribution in [0.2, 0.25) is 0 Å². The van der Waals surface area contributed by atoms with Crippen LogP contribution in [0.25, 0.3) is 0 Å². The lowest BCUT2D eigenvalue weighted by Gasteiger charge is -2.17. The maximum atomic E-state index is 10.6. The molecule has 0 spiro atoms. The van der Waals surface area contributed by atoms with Gasteiger partial charge in [0.05, 0.1) is 0 Å². The van der Waals surface area contributed by atoms with Crippen LogP contribution in [0, 0.1) is 0 Å². The summed E-state index contributed by atoms with van der Waals surface area (Å²) in [6.45, 7) is 5.01. The van der Waals surface area contributed by atoms with Crippen molar-refractivity contribution in [2.24, 2.45) is 0 Å². The maximum Gasteiger partial charge on any atom is 0.160 e. The van der Waals surface area contributed by atoms with Crippen molar-refractivity contribution in [3.63, 3.8) is 0 Å². The standard InChI is InChI=1S/C6H12O2/c1-5(7)6(2,3)8-4/h1-4H3. The molecule has 0 atom stereocenters. The van der Waals surface area contributed by atoms with Crippen molar-refractivity contribution in [2.75, 3.05) is 7.11 Å². The van der Waals surface area contributed by atoms with Gasteiger partial charge in [-0.15, -0.1) is 0 Å². The Morgan fingerprint density at radius 2 is 1.88 bits per heavy atom. The molecule has 0 amide bonds. The van der Waals surface area contributed by atoms with Crippen molar-refractivity contribution in [3.8, 4) is 0 Å². The van der Waals surface area contributed by atoms with Crippen LogP contribution in [0.15, 0.2) is 0 Å². The molecule has 0 aliphatic rings. The highest BCUT2D eigenvalue weighted by atomic mass is 16.5. The predicted molar refractivity (Wildman–Crippen MR) is 31.8 cm³/mol. The summed E-state index contributed by atoms with van der Waals surface area (Å²) in [5.74, 6) is 0.0556. The summed E-state index contributed by atoms with van der Waals surface area (Å²) >= 11 is 0. The highest BCUT2D eigenvalue weighted by Crippen LogP contribution is 2.06. The molecule has 0 fully saturated rings. The lowest BCUT2D eigenvalue weighted by molar-refractivity contribution is -0.134. The fourth-order valence-electron chi connectivity index (χ4n) is 0.144. The number of Topliss-reactive ketones (excluding diaryl/α,β-unsaturated/α-hetero) is 1. The fraction of sp³-hybridized carbons (Fsp3) is 0.833.